The van der Waals surface area contributed by atoms with Gasteiger partial charge in [-0.1, -0.05) is 6.92 Å². The third-order valence-electron chi connectivity index (χ3n) is 1.11. The molecule has 0 aliphatic carbocycles. The van der Waals surface area contributed by atoms with Crippen LogP contribution in [-0.4, -0.2) is 4.98 Å². The summed E-state index contributed by atoms with van der Waals surface area (Å²) in [5.74, 6) is 0. The van der Waals surface area contributed by atoms with Crippen molar-refractivity contribution in [1.29, 1.82) is 0 Å². The molecule has 0 saturated heterocycles. The maximum absolute atomic E-state index is 5.36. The van der Waals surface area contributed by atoms with Gasteiger partial charge in [0.25, 0.3) is 0 Å². The van der Waals surface area contributed by atoms with Crippen LogP contribution in [0, 0.1) is 0 Å². The zero-order valence-electron chi connectivity index (χ0n) is 5.83. The largest absolute Gasteiger partial charge is 0.325 e. The number of halogens is 1. The summed E-state index contributed by atoms with van der Waals surface area (Å²) in [5, 5.41) is 3.19. The Morgan fingerprint density at radius 1 is 1.70 bits per heavy atom. The lowest BCUT2D eigenvalue weighted by molar-refractivity contribution is 0.973. The summed E-state index contributed by atoms with van der Waals surface area (Å²) in [5.41, 5.74) is 6.37. The highest BCUT2D eigenvalue weighted by molar-refractivity contribution is 7.09. The fraction of sp³-hybridized carbons (Fsp3) is 0.500. The van der Waals surface area contributed by atoms with Crippen molar-refractivity contribution in [3.8, 4) is 0 Å². The maximum atomic E-state index is 5.36. The highest BCUT2D eigenvalue weighted by atomic mass is 35.5. The first kappa shape index (κ1) is 9.88. The third kappa shape index (κ3) is 2.25. The number of aromatic nitrogens is 1. The number of hydrogen-bond donors (Lipinski definition) is 1. The van der Waals surface area contributed by atoms with Crippen LogP contribution < -0.4 is 5.73 Å². The van der Waals surface area contributed by atoms with Crippen LogP contribution in [-0.2, 0) is 13.0 Å². The predicted molar refractivity (Wildman–Crippen MR) is 46.6 cm³/mol. The van der Waals surface area contributed by atoms with Crippen molar-refractivity contribution < 1.29 is 0 Å². The summed E-state index contributed by atoms with van der Waals surface area (Å²) < 4.78 is 0. The molecule has 10 heavy (non-hydrogen) atoms. The van der Waals surface area contributed by atoms with Gasteiger partial charge in [0.1, 0.15) is 0 Å². The van der Waals surface area contributed by atoms with E-state index < -0.39 is 0 Å². The van der Waals surface area contributed by atoms with E-state index in [1.165, 1.54) is 5.01 Å². The second kappa shape index (κ2) is 4.66. The minimum atomic E-state index is 0. The van der Waals surface area contributed by atoms with E-state index in [1.807, 2.05) is 5.38 Å². The summed E-state index contributed by atoms with van der Waals surface area (Å²) in [7, 11) is 0. The van der Waals surface area contributed by atoms with Crippen LogP contribution in [0.3, 0.4) is 0 Å². The van der Waals surface area contributed by atoms with Crippen LogP contribution >= 0.6 is 23.7 Å². The van der Waals surface area contributed by atoms with Crippen LogP contribution in [0.1, 0.15) is 17.6 Å². The Morgan fingerprint density at radius 2 is 2.40 bits per heavy atom. The highest BCUT2D eigenvalue weighted by Gasteiger charge is 1.95. The van der Waals surface area contributed by atoms with E-state index in [4.69, 9.17) is 5.73 Å². The minimum absolute atomic E-state index is 0. The zero-order valence-corrected chi connectivity index (χ0v) is 7.47. The molecule has 0 aliphatic rings. The molecule has 2 N–H and O–H groups in total. The van der Waals surface area contributed by atoms with Crippen molar-refractivity contribution in [2.24, 2.45) is 5.73 Å². The molecular weight excluding hydrogens is 168 g/mol. The first-order chi connectivity index (χ1) is 4.36. The van der Waals surface area contributed by atoms with Crippen molar-refractivity contribution in [2.45, 2.75) is 19.9 Å². The van der Waals surface area contributed by atoms with E-state index in [1.54, 1.807) is 11.3 Å². The van der Waals surface area contributed by atoms with Gasteiger partial charge in [-0.05, 0) is 6.42 Å². The first-order valence-electron chi connectivity index (χ1n) is 3.00. The Balaban J connectivity index is 0.000000810. The fourth-order valence-corrected chi connectivity index (χ4v) is 1.36. The van der Waals surface area contributed by atoms with Crippen LogP contribution in [0.15, 0.2) is 5.38 Å². The summed E-state index contributed by atoms with van der Waals surface area (Å²) >= 11 is 1.68. The molecule has 0 aromatic carbocycles. The van der Waals surface area contributed by atoms with E-state index in [-0.39, 0.29) is 12.4 Å². The predicted octanol–water partition coefficient (Wildman–Crippen LogP) is 1.59. The van der Waals surface area contributed by atoms with Gasteiger partial charge in [0, 0.05) is 11.9 Å². The van der Waals surface area contributed by atoms with E-state index in [0.717, 1.165) is 12.1 Å². The van der Waals surface area contributed by atoms with Crippen molar-refractivity contribution in [3.05, 3.63) is 16.1 Å². The molecule has 0 spiro atoms. The highest BCUT2D eigenvalue weighted by Crippen LogP contribution is 2.08. The van der Waals surface area contributed by atoms with Gasteiger partial charge in [0.05, 0.1) is 10.7 Å². The molecule has 0 aliphatic heterocycles. The van der Waals surface area contributed by atoms with Crippen LogP contribution in [0.5, 0.6) is 0 Å². The number of hydrogen-bond acceptors (Lipinski definition) is 3. The molecule has 0 radical (unpaired) electrons. The lowest BCUT2D eigenvalue weighted by atomic mass is 10.5. The first-order valence-corrected chi connectivity index (χ1v) is 3.88. The normalized spacial score (nSPS) is 9.00. The Bertz CT molecular complexity index is 169. The van der Waals surface area contributed by atoms with Gasteiger partial charge in [-0.25, -0.2) is 4.98 Å². The number of rotatable bonds is 2. The molecular formula is C6H11ClN2S. The van der Waals surface area contributed by atoms with Gasteiger partial charge in [-0.2, -0.15) is 0 Å². The van der Waals surface area contributed by atoms with Gasteiger partial charge in [-0.3, -0.25) is 0 Å². The summed E-state index contributed by atoms with van der Waals surface area (Å²) in [6.07, 6.45) is 1.02. The van der Waals surface area contributed by atoms with Gasteiger partial charge >= 0.3 is 0 Å². The second-order valence-corrected chi connectivity index (χ2v) is 2.73. The SMILES string of the molecule is CCc1nc(CN)cs1.Cl. The number of thiazole rings is 1. The quantitative estimate of drug-likeness (QED) is 0.747. The molecule has 0 fully saturated rings. The third-order valence-corrected chi connectivity index (χ3v) is 2.15. The molecule has 1 aromatic heterocycles. The van der Waals surface area contributed by atoms with Crippen LogP contribution in [0.4, 0.5) is 0 Å². The topological polar surface area (TPSA) is 38.9 Å². The molecule has 1 aromatic rings. The van der Waals surface area contributed by atoms with Crippen molar-refractivity contribution in [2.75, 3.05) is 0 Å². The van der Waals surface area contributed by atoms with Crippen molar-refractivity contribution in [3.63, 3.8) is 0 Å². The Kier molecular flexibility index (Phi) is 4.60. The summed E-state index contributed by atoms with van der Waals surface area (Å²) in [6, 6.07) is 0. The Hall–Kier alpha value is -0.120. The van der Waals surface area contributed by atoms with Crippen molar-refractivity contribution >= 4 is 23.7 Å². The minimum Gasteiger partial charge on any atom is -0.325 e. The van der Waals surface area contributed by atoms with Gasteiger partial charge in [0.15, 0.2) is 0 Å². The lowest BCUT2D eigenvalue weighted by Gasteiger charge is -1.83. The van der Waals surface area contributed by atoms with E-state index in [0.29, 0.717) is 6.54 Å². The molecule has 1 rings (SSSR count). The molecule has 1 heterocycles. The van der Waals surface area contributed by atoms with Gasteiger partial charge < -0.3 is 5.73 Å². The van der Waals surface area contributed by atoms with Crippen LogP contribution in [0.25, 0.3) is 0 Å². The van der Waals surface area contributed by atoms with Crippen LogP contribution in [0.2, 0.25) is 0 Å². The molecule has 0 saturated carbocycles. The molecule has 2 nitrogen and oxygen atoms in total. The second-order valence-electron chi connectivity index (χ2n) is 1.79. The number of nitrogens with two attached hydrogens (primary N) is 1. The summed E-state index contributed by atoms with van der Waals surface area (Å²) in [4.78, 5) is 4.24. The van der Waals surface area contributed by atoms with Gasteiger partial charge in [-0.15, -0.1) is 23.7 Å². The maximum Gasteiger partial charge on any atom is 0.0926 e. The smallest absolute Gasteiger partial charge is 0.0926 e. The van der Waals surface area contributed by atoms with E-state index in [9.17, 15) is 0 Å². The average Bonchev–Trinajstić information content (AvgIpc) is 2.34. The standard InChI is InChI=1S/C6H10N2S.ClH/c1-2-6-8-5(3-7)4-9-6;/h4H,2-3,7H2,1H3;1H. The molecule has 4 heteroatoms. The van der Waals surface area contributed by atoms with Gasteiger partial charge in [0.2, 0.25) is 0 Å². The summed E-state index contributed by atoms with van der Waals surface area (Å²) in [6.45, 7) is 2.66. The average molecular weight is 179 g/mol. The molecule has 0 unspecified atom stereocenters. The lowest BCUT2D eigenvalue weighted by Crippen LogP contribution is -1.95. The van der Waals surface area contributed by atoms with Crippen molar-refractivity contribution in [1.82, 2.24) is 4.98 Å². The van der Waals surface area contributed by atoms with E-state index >= 15 is 0 Å². The molecule has 0 bridgehead atoms. The molecule has 0 atom stereocenters. The molecule has 0 amide bonds. The molecule has 58 valence electrons. The number of aryl methyl sites for hydroxylation is 1. The monoisotopic (exact) mass is 178 g/mol. The Labute approximate surface area is 70.9 Å². The Morgan fingerprint density at radius 3 is 2.70 bits per heavy atom. The zero-order chi connectivity index (χ0) is 6.69. The number of nitrogens with zero attached hydrogens (tertiary/aromatic N) is 1. The van der Waals surface area contributed by atoms with E-state index in [2.05, 4.69) is 11.9 Å². The fourth-order valence-electron chi connectivity index (χ4n) is 0.605.